The first-order valence-electron chi connectivity index (χ1n) is 10.3. The molecule has 0 aliphatic carbocycles. The SMILES string of the molecule is O=C(c1cn(-c2cc(Nc3ccccc3)ncn2)cn1)N1CCN(c2ncccn2)CC1. The summed E-state index contributed by atoms with van der Waals surface area (Å²) in [5, 5.41) is 3.24. The molecule has 10 nitrogen and oxygen atoms in total. The molecular weight excluding hydrogens is 406 g/mol. The highest BCUT2D eigenvalue weighted by atomic mass is 16.2. The van der Waals surface area contributed by atoms with Crippen LogP contribution in [0.5, 0.6) is 0 Å². The van der Waals surface area contributed by atoms with Gasteiger partial charge in [0.1, 0.15) is 30.0 Å². The van der Waals surface area contributed by atoms with E-state index in [2.05, 4.69) is 35.1 Å². The normalized spacial score (nSPS) is 13.8. The number of nitrogens with zero attached hydrogens (tertiary/aromatic N) is 8. The van der Waals surface area contributed by atoms with Gasteiger partial charge in [-0.25, -0.2) is 24.9 Å². The summed E-state index contributed by atoms with van der Waals surface area (Å²) in [6.07, 6.45) is 8.22. The van der Waals surface area contributed by atoms with Crippen molar-refractivity contribution < 1.29 is 4.79 Å². The Labute approximate surface area is 184 Å². The fraction of sp³-hybridized carbons (Fsp3) is 0.182. The number of benzene rings is 1. The van der Waals surface area contributed by atoms with Crippen LogP contribution in [0.3, 0.4) is 0 Å². The van der Waals surface area contributed by atoms with E-state index < -0.39 is 0 Å². The second kappa shape index (κ2) is 8.80. The van der Waals surface area contributed by atoms with Crippen molar-refractivity contribution in [1.82, 2.24) is 34.4 Å². The zero-order chi connectivity index (χ0) is 21.8. The molecule has 4 heterocycles. The summed E-state index contributed by atoms with van der Waals surface area (Å²) in [4.78, 5) is 38.3. The number of aromatic nitrogens is 6. The molecule has 1 N–H and O–H groups in total. The monoisotopic (exact) mass is 427 g/mol. The summed E-state index contributed by atoms with van der Waals surface area (Å²) in [7, 11) is 0. The minimum absolute atomic E-state index is 0.103. The lowest BCUT2D eigenvalue weighted by Crippen LogP contribution is -2.49. The smallest absolute Gasteiger partial charge is 0.274 e. The zero-order valence-corrected chi connectivity index (χ0v) is 17.2. The van der Waals surface area contributed by atoms with Crippen LogP contribution in [0.4, 0.5) is 17.5 Å². The minimum atomic E-state index is -0.103. The average molecular weight is 427 g/mol. The Morgan fingerprint density at radius 1 is 0.875 bits per heavy atom. The Morgan fingerprint density at radius 3 is 2.44 bits per heavy atom. The highest BCUT2D eigenvalue weighted by Gasteiger charge is 2.24. The lowest BCUT2D eigenvalue weighted by atomic mass is 10.3. The van der Waals surface area contributed by atoms with Gasteiger partial charge in [0.05, 0.1) is 0 Å². The van der Waals surface area contributed by atoms with Crippen molar-refractivity contribution in [1.29, 1.82) is 0 Å². The molecule has 1 fully saturated rings. The Morgan fingerprint density at radius 2 is 1.66 bits per heavy atom. The van der Waals surface area contributed by atoms with Crippen LogP contribution in [0.15, 0.2) is 73.7 Å². The van der Waals surface area contributed by atoms with Crippen LogP contribution >= 0.6 is 0 Å². The lowest BCUT2D eigenvalue weighted by molar-refractivity contribution is 0.0741. The maximum atomic E-state index is 13.0. The van der Waals surface area contributed by atoms with Gasteiger partial charge in [-0.1, -0.05) is 18.2 Å². The van der Waals surface area contributed by atoms with E-state index >= 15 is 0 Å². The standard InChI is InChI=1S/C22H21N9O/c32-21(29-9-11-30(12-10-29)22-23-7-4-8-24-22)18-14-31(16-27-18)20-13-19(25-15-26-20)28-17-5-2-1-3-6-17/h1-8,13-16H,9-12H2,(H,25,26,28). The van der Waals surface area contributed by atoms with E-state index in [1.807, 2.05) is 36.4 Å². The van der Waals surface area contributed by atoms with Gasteiger partial charge in [-0.3, -0.25) is 9.36 Å². The quantitative estimate of drug-likeness (QED) is 0.517. The van der Waals surface area contributed by atoms with Gasteiger partial charge in [-0.05, 0) is 18.2 Å². The topological polar surface area (TPSA) is 105 Å². The third-order valence-corrected chi connectivity index (χ3v) is 5.17. The predicted molar refractivity (Wildman–Crippen MR) is 119 cm³/mol. The molecule has 1 amide bonds. The van der Waals surface area contributed by atoms with Gasteiger partial charge in [0.25, 0.3) is 5.91 Å². The molecule has 1 aromatic carbocycles. The molecule has 4 aromatic rings. The molecule has 5 rings (SSSR count). The number of para-hydroxylation sites is 1. The molecule has 0 atom stereocenters. The van der Waals surface area contributed by atoms with Gasteiger partial charge >= 0.3 is 0 Å². The molecule has 0 bridgehead atoms. The molecule has 1 aliphatic heterocycles. The van der Waals surface area contributed by atoms with Crippen LogP contribution in [0.2, 0.25) is 0 Å². The average Bonchev–Trinajstić information content (AvgIpc) is 3.36. The van der Waals surface area contributed by atoms with E-state index in [0.717, 1.165) is 5.69 Å². The molecule has 3 aromatic heterocycles. The number of imidazole rings is 1. The van der Waals surface area contributed by atoms with Crippen LogP contribution in [0, 0.1) is 0 Å². The van der Waals surface area contributed by atoms with Crippen LogP contribution in [0.25, 0.3) is 5.82 Å². The number of amides is 1. The fourth-order valence-electron chi connectivity index (χ4n) is 3.51. The third-order valence-electron chi connectivity index (χ3n) is 5.17. The summed E-state index contributed by atoms with van der Waals surface area (Å²) in [5.74, 6) is 1.86. The number of carbonyl (C=O) groups is 1. The van der Waals surface area contributed by atoms with E-state index in [1.165, 1.54) is 6.33 Å². The number of anilines is 3. The number of hydrogen-bond acceptors (Lipinski definition) is 8. The number of nitrogens with one attached hydrogen (secondary N) is 1. The second-order valence-corrected chi connectivity index (χ2v) is 7.25. The Balaban J connectivity index is 1.25. The zero-order valence-electron chi connectivity index (χ0n) is 17.2. The summed E-state index contributed by atoms with van der Waals surface area (Å²) >= 11 is 0. The summed E-state index contributed by atoms with van der Waals surface area (Å²) in [6.45, 7) is 2.53. The molecular formula is C22H21N9O. The van der Waals surface area contributed by atoms with Crippen molar-refractivity contribution in [3.8, 4) is 5.82 Å². The molecule has 10 heteroatoms. The van der Waals surface area contributed by atoms with Crippen molar-refractivity contribution in [3.63, 3.8) is 0 Å². The van der Waals surface area contributed by atoms with Crippen LogP contribution in [-0.4, -0.2) is 66.5 Å². The first-order valence-corrected chi connectivity index (χ1v) is 10.3. The predicted octanol–water partition coefficient (Wildman–Crippen LogP) is 2.16. The van der Waals surface area contributed by atoms with Crippen LogP contribution < -0.4 is 10.2 Å². The Hall–Kier alpha value is -4.34. The first-order chi connectivity index (χ1) is 15.8. The van der Waals surface area contributed by atoms with Crippen molar-refractivity contribution in [3.05, 3.63) is 79.4 Å². The van der Waals surface area contributed by atoms with Crippen molar-refractivity contribution in [2.24, 2.45) is 0 Å². The molecule has 0 radical (unpaired) electrons. The van der Waals surface area contributed by atoms with Gasteiger partial charge in [-0.2, -0.15) is 0 Å². The summed E-state index contributed by atoms with van der Waals surface area (Å²) in [6, 6.07) is 13.4. The molecule has 1 saturated heterocycles. The molecule has 160 valence electrons. The van der Waals surface area contributed by atoms with E-state index in [9.17, 15) is 4.79 Å². The van der Waals surface area contributed by atoms with E-state index in [-0.39, 0.29) is 5.91 Å². The number of hydrogen-bond donors (Lipinski definition) is 1. The minimum Gasteiger partial charge on any atom is -0.340 e. The molecule has 1 aliphatic rings. The molecule has 0 unspecified atom stereocenters. The maximum Gasteiger partial charge on any atom is 0.274 e. The fourth-order valence-corrected chi connectivity index (χ4v) is 3.51. The Kier molecular flexibility index (Phi) is 5.39. The van der Waals surface area contributed by atoms with E-state index in [0.29, 0.717) is 49.5 Å². The van der Waals surface area contributed by atoms with E-state index in [1.54, 1.807) is 40.5 Å². The van der Waals surface area contributed by atoms with Crippen molar-refractivity contribution in [2.75, 3.05) is 36.4 Å². The van der Waals surface area contributed by atoms with Crippen LogP contribution in [-0.2, 0) is 0 Å². The highest BCUT2D eigenvalue weighted by molar-refractivity contribution is 5.92. The lowest BCUT2D eigenvalue weighted by Gasteiger charge is -2.34. The number of piperazine rings is 1. The van der Waals surface area contributed by atoms with Crippen molar-refractivity contribution in [2.45, 2.75) is 0 Å². The number of carbonyl (C=O) groups excluding carboxylic acids is 1. The van der Waals surface area contributed by atoms with Gasteiger partial charge in [-0.15, -0.1) is 0 Å². The Bertz CT molecular complexity index is 1190. The van der Waals surface area contributed by atoms with Crippen molar-refractivity contribution >= 4 is 23.4 Å². The van der Waals surface area contributed by atoms with Gasteiger partial charge in [0.2, 0.25) is 5.95 Å². The largest absolute Gasteiger partial charge is 0.340 e. The molecule has 32 heavy (non-hydrogen) atoms. The third kappa shape index (κ3) is 4.24. The number of rotatable bonds is 5. The van der Waals surface area contributed by atoms with E-state index in [4.69, 9.17) is 0 Å². The summed E-state index contributed by atoms with van der Waals surface area (Å²) in [5.41, 5.74) is 1.31. The molecule has 0 saturated carbocycles. The molecule has 0 spiro atoms. The second-order valence-electron chi connectivity index (χ2n) is 7.25. The first kappa shape index (κ1) is 19.6. The maximum absolute atomic E-state index is 13.0. The van der Waals surface area contributed by atoms with Crippen LogP contribution in [0.1, 0.15) is 10.5 Å². The van der Waals surface area contributed by atoms with Gasteiger partial charge in [0, 0.05) is 56.5 Å². The van der Waals surface area contributed by atoms with Gasteiger partial charge < -0.3 is 15.1 Å². The van der Waals surface area contributed by atoms with Gasteiger partial charge in [0.15, 0.2) is 0 Å². The summed E-state index contributed by atoms with van der Waals surface area (Å²) < 4.78 is 1.72. The highest BCUT2D eigenvalue weighted by Crippen LogP contribution is 2.17.